The molecule has 1 fully saturated rings. The Kier molecular flexibility index (Phi) is 6.78. The average Bonchev–Trinajstić information content (AvgIpc) is 2.82. The van der Waals surface area contributed by atoms with Gasteiger partial charge in [-0.2, -0.15) is 0 Å². The lowest BCUT2D eigenvalue weighted by atomic mass is 10.1. The van der Waals surface area contributed by atoms with Crippen LogP contribution in [-0.2, 0) is 14.3 Å². The highest BCUT2D eigenvalue weighted by molar-refractivity contribution is 6.04. The Morgan fingerprint density at radius 3 is 2.46 bits per heavy atom. The van der Waals surface area contributed by atoms with E-state index in [1.807, 2.05) is 0 Å². The molecule has 0 radical (unpaired) electrons. The monoisotopic (exact) mass is 332 g/mol. The van der Waals surface area contributed by atoms with Crippen LogP contribution in [0.4, 0.5) is 5.69 Å². The van der Waals surface area contributed by atoms with Crippen LogP contribution in [0.1, 0.15) is 55.3 Å². The normalized spacial score (nSPS) is 15.2. The van der Waals surface area contributed by atoms with Gasteiger partial charge in [0.25, 0.3) is 0 Å². The molecule has 6 nitrogen and oxygen atoms in total. The first-order valence-electron chi connectivity index (χ1n) is 8.36. The van der Waals surface area contributed by atoms with Crippen LogP contribution in [0.15, 0.2) is 24.3 Å². The first-order chi connectivity index (χ1) is 11.6. The van der Waals surface area contributed by atoms with Gasteiger partial charge < -0.3 is 15.4 Å². The molecule has 6 heteroatoms. The summed E-state index contributed by atoms with van der Waals surface area (Å²) < 4.78 is 4.64. The van der Waals surface area contributed by atoms with Crippen molar-refractivity contribution in [2.75, 3.05) is 12.4 Å². The van der Waals surface area contributed by atoms with Crippen molar-refractivity contribution in [3.63, 3.8) is 0 Å². The summed E-state index contributed by atoms with van der Waals surface area (Å²) in [5.41, 5.74) is 0.809. The van der Waals surface area contributed by atoms with Crippen molar-refractivity contribution in [2.45, 2.75) is 51.0 Å². The van der Waals surface area contributed by atoms with Gasteiger partial charge in [0.05, 0.1) is 12.7 Å². The van der Waals surface area contributed by atoms with Gasteiger partial charge >= 0.3 is 5.97 Å². The molecule has 2 N–H and O–H groups in total. The lowest BCUT2D eigenvalue weighted by Gasteiger charge is -2.16. The Morgan fingerprint density at radius 2 is 1.79 bits per heavy atom. The Bertz CT molecular complexity index is 592. The van der Waals surface area contributed by atoms with E-state index in [9.17, 15) is 14.4 Å². The van der Waals surface area contributed by atoms with E-state index in [0.29, 0.717) is 11.3 Å². The smallest absolute Gasteiger partial charge is 0.337 e. The van der Waals surface area contributed by atoms with Crippen molar-refractivity contribution >= 4 is 23.5 Å². The third kappa shape index (κ3) is 5.68. The van der Waals surface area contributed by atoms with Gasteiger partial charge in [0.1, 0.15) is 6.42 Å². The second-order valence-corrected chi connectivity index (χ2v) is 6.05. The summed E-state index contributed by atoms with van der Waals surface area (Å²) in [7, 11) is 1.30. The quantitative estimate of drug-likeness (QED) is 0.493. The molecule has 2 amide bonds. The highest BCUT2D eigenvalue weighted by Gasteiger charge is 2.17. The third-order valence-corrected chi connectivity index (χ3v) is 4.11. The van der Waals surface area contributed by atoms with E-state index in [1.165, 1.54) is 26.0 Å². The zero-order valence-electron chi connectivity index (χ0n) is 14.0. The van der Waals surface area contributed by atoms with Crippen molar-refractivity contribution < 1.29 is 19.1 Å². The predicted molar refractivity (Wildman–Crippen MR) is 90.7 cm³/mol. The minimum atomic E-state index is -0.475. The molecule has 1 saturated carbocycles. The maximum atomic E-state index is 12.0. The van der Waals surface area contributed by atoms with E-state index in [-0.39, 0.29) is 18.4 Å². The van der Waals surface area contributed by atoms with E-state index in [2.05, 4.69) is 15.4 Å². The van der Waals surface area contributed by atoms with Gasteiger partial charge in [-0.05, 0) is 31.0 Å². The highest BCUT2D eigenvalue weighted by Crippen LogP contribution is 2.17. The molecule has 0 heterocycles. The van der Waals surface area contributed by atoms with E-state index in [0.717, 1.165) is 25.7 Å². The molecule has 1 aromatic rings. The summed E-state index contributed by atoms with van der Waals surface area (Å²) in [6.07, 6.45) is 6.41. The number of carbonyl (C=O) groups excluding carboxylic acids is 3. The summed E-state index contributed by atoms with van der Waals surface area (Å²) in [6, 6.07) is 6.60. The number of methoxy groups -OCH3 is 1. The first kappa shape index (κ1) is 18.0. The number of amides is 2. The molecule has 1 aliphatic carbocycles. The van der Waals surface area contributed by atoms with Gasteiger partial charge in [0.2, 0.25) is 11.8 Å². The van der Waals surface area contributed by atoms with Gasteiger partial charge in [-0.25, -0.2) is 4.79 Å². The fourth-order valence-electron chi connectivity index (χ4n) is 2.90. The predicted octanol–water partition coefficient (Wildman–Crippen LogP) is 2.64. The Hall–Kier alpha value is -2.37. The van der Waals surface area contributed by atoms with Crippen molar-refractivity contribution in [1.82, 2.24) is 5.32 Å². The van der Waals surface area contributed by atoms with Crippen molar-refractivity contribution in [2.24, 2.45) is 0 Å². The molecule has 130 valence electrons. The standard InChI is InChI=1S/C18H24N2O4/c1-24-18(23)13-7-6-10-15(11-13)20-17(22)12-16(21)19-14-8-4-2-3-5-9-14/h6-7,10-11,14H,2-5,8-9,12H2,1H3,(H,19,21)(H,20,22). The molecule has 24 heavy (non-hydrogen) atoms. The number of esters is 1. The van der Waals surface area contributed by atoms with Gasteiger partial charge in [0.15, 0.2) is 0 Å². The Morgan fingerprint density at radius 1 is 1.08 bits per heavy atom. The minimum Gasteiger partial charge on any atom is -0.465 e. The van der Waals surface area contributed by atoms with Crippen LogP contribution in [-0.4, -0.2) is 30.9 Å². The first-order valence-corrected chi connectivity index (χ1v) is 8.36. The maximum Gasteiger partial charge on any atom is 0.337 e. The second kappa shape index (κ2) is 9.05. The molecular formula is C18H24N2O4. The minimum absolute atomic E-state index is 0.176. The van der Waals surface area contributed by atoms with Crippen molar-refractivity contribution in [3.05, 3.63) is 29.8 Å². The lowest BCUT2D eigenvalue weighted by Crippen LogP contribution is -2.36. The van der Waals surface area contributed by atoms with Crippen LogP contribution in [0, 0.1) is 0 Å². The molecule has 0 atom stereocenters. The molecule has 0 unspecified atom stereocenters. The van der Waals surface area contributed by atoms with E-state index in [4.69, 9.17) is 0 Å². The van der Waals surface area contributed by atoms with Crippen LogP contribution >= 0.6 is 0 Å². The molecule has 0 saturated heterocycles. The molecular weight excluding hydrogens is 308 g/mol. The zero-order valence-corrected chi connectivity index (χ0v) is 14.0. The van der Waals surface area contributed by atoms with Crippen LogP contribution in [0.2, 0.25) is 0 Å². The molecule has 0 spiro atoms. The summed E-state index contributed by atoms with van der Waals surface area (Å²) in [5.74, 6) is -1.14. The highest BCUT2D eigenvalue weighted by atomic mass is 16.5. The summed E-state index contributed by atoms with van der Waals surface area (Å²) >= 11 is 0. The number of hydrogen-bond acceptors (Lipinski definition) is 4. The number of carbonyl (C=O) groups is 3. The number of ether oxygens (including phenoxy) is 1. The van der Waals surface area contributed by atoms with Gasteiger partial charge in [-0.3, -0.25) is 9.59 Å². The summed E-state index contributed by atoms with van der Waals surface area (Å²) in [6.45, 7) is 0. The largest absolute Gasteiger partial charge is 0.465 e. The Labute approximate surface area is 142 Å². The van der Waals surface area contributed by atoms with Crippen LogP contribution < -0.4 is 10.6 Å². The molecule has 0 aromatic heterocycles. The fourth-order valence-corrected chi connectivity index (χ4v) is 2.90. The van der Waals surface area contributed by atoms with Crippen molar-refractivity contribution in [3.8, 4) is 0 Å². The molecule has 1 aliphatic rings. The molecule has 1 aromatic carbocycles. The number of rotatable bonds is 5. The van der Waals surface area contributed by atoms with Crippen LogP contribution in [0.5, 0.6) is 0 Å². The summed E-state index contributed by atoms with van der Waals surface area (Å²) in [4.78, 5) is 35.5. The Balaban J connectivity index is 1.84. The average molecular weight is 332 g/mol. The zero-order chi connectivity index (χ0) is 17.4. The molecule has 2 rings (SSSR count). The fraction of sp³-hybridized carbons (Fsp3) is 0.500. The molecule has 0 bridgehead atoms. The van der Waals surface area contributed by atoms with Crippen LogP contribution in [0.3, 0.4) is 0 Å². The van der Waals surface area contributed by atoms with Crippen LogP contribution in [0.25, 0.3) is 0 Å². The lowest BCUT2D eigenvalue weighted by molar-refractivity contribution is -0.127. The van der Waals surface area contributed by atoms with Gasteiger partial charge in [-0.15, -0.1) is 0 Å². The van der Waals surface area contributed by atoms with Gasteiger partial charge in [0, 0.05) is 11.7 Å². The number of hydrogen-bond donors (Lipinski definition) is 2. The number of nitrogens with one attached hydrogen (secondary N) is 2. The van der Waals surface area contributed by atoms with E-state index in [1.54, 1.807) is 18.2 Å². The third-order valence-electron chi connectivity index (χ3n) is 4.11. The number of anilines is 1. The van der Waals surface area contributed by atoms with Crippen molar-refractivity contribution in [1.29, 1.82) is 0 Å². The SMILES string of the molecule is COC(=O)c1cccc(NC(=O)CC(=O)NC2CCCCCC2)c1. The second-order valence-electron chi connectivity index (χ2n) is 6.05. The maximum absolute atomic E-state index is 12.0. The topological polar surface area (TPSA) is 84.5 Å². The number of benzene rings is 1. The molecule has 0 aliphatic heterocycles. The van der Waals surface area contributed by atoms with E-state index < -0.39 is 11.9 Å². The summed E-state index contributed by atoms with van der Waals surface area (Å²) in [5, 5.41) is 5.57. The van der Waals surface area contributed by atoms with Gasteiger partial charge in [-0.1, -0.05) is 31.7 Å². The van der Waals surface area contributed by atoms with E-state index >= 15 is 0 Å².